The Bertz CT molecular complexity index is 755. The second kappa shape index (κ2) is 8.39. The molecule has 1 atom stereocenters. The number of ether oxygens (including phenoxy) is 1. The number of nitrogens with one attached hydrogen (secondary N) is 2. The summed E-state index contributed by atoms with van der Waals surface area (Å²) in [6.45, 7) is 2.66. The molecule has 1 unspecified atom stereocenters. The van der Waals surface area contributed by atoms with Gasteiger partial charge in [-0.1, -0.05) is 0 Å². The third-order valence-electron chi connectivity index (χ3n) is 4.40. The van der Waals surface area contributed by atoms with Crippen molar-refractivity contribution in [2.75, 3.05) is 19.6 Å². The first kappa shape index (κ1) is 19.2. The summed E-state index contributed by atoms with van der Waals surface area (Å²) in [6.07, 6.45) is -1.63. The van der Waals surface area contributed by atoms with E-state index in [2.05, 4.69) is 15.6 Å². The van der Waals surface area contributed by atoms with Crippen molar-refractivity contribution in [1.82, 2.24) is 15.6 Å². The van der Waals surface area contributed by atoms with Crippen LogP contribution in [-0.2, 0) is 6.18 Å². The largest absolute Gasteiger partial charge is 0.439 e. The summed E-state index contributed by atoms with van der Waals surface area (Å²) < 4.78 is 43.0. The van der Waals surface area contributed by atoms with Crippen LogP contribution in [0.3, 0.4) is 0 Å². The minimum Gasteiger partial charge on any atom is -0.439 e. The number of rotatable bonds is 6. The molecule has 8 heteroatoms. The lowest BCUT2D eigenvalue weighted by molar-refractivity contribution is -0.137. The third kappa shape index (κ3) is 5.43. The summed E-state index contributed by atoms with van der Waals surface area (Å²) in [4.78, 5) is 15.8. The molecule has 144 valence electrons. The van der Waals surface area contributed by atoms with Gasteiger partial charge in [0.25, 0.3) is 5.91 Å². The number of hydrogen-bond acceptors (Lipinski definition) is 4. The van der Waals surface area contributed by atoms with E-state index in [0.29, 0.717) is 23.8 Å². The van der Waals surface area contributed by atoms with Crippen molar-refractivity contribution in [3.8, 4) is 11.6 Å². The molecular weight excluding hydrogens is 359 g/mol. The summed E-state index contributed by atoms with van der Waals surface area (Å²) in [7, 11) is 0. The molecule has 2 aromatic rings. The molecule has 0 radical (unpaired) electrons. The summed E-state index contributed by atoms with van der Waals surface area (Å²) >= 11 is 0. The molecule has 1 aliphatic heterocycles. The van der Waals surface area contributed by atoms with Gasteiger partial charge in [-0.05, 0) is 62.2 Å². The van der Waals surface area contributed by atoms with E-state index in [4.69, 9.17) is 4.74 Å². The fraction of sp³-hybridized carbons (Fsp3) is 0.368. The lowest BCUT2D eigenvalue weighted by Crippen LogP contribution is -2.26. The number of alkyl halides is 3. The molecule has 5 nitrogen and oxygen atoms in total. The van der Waals surface area contributed by atoms with E-state index in [1.54, 1.807) is 24.3 Å². The number of halogens is 3. The number of carbonyl (C=O) groups excluding carboxylic acids is 1. The van der Waals surface area contributed by atoms with Gasteiger partial charge in [-0.25, -0.2) is 4.98 Å². The summed E-state index contributed by atoms with van der Waals surface area (Å²) in [6, 6.07) is 8.42. The quantitative estimate of drug-likeness (QED) is 0.805. The molecule has 0 spiro atoms. The molecule has 1 amide bonds. The highest BCUT2D eigenvalue weighted by Crippen LogP contribution is 2.30. The van der Waals surface area contributed by atoms with E-state index in [-0.39, 0.29) is 11.8 Å². The minimum absolute atomic E-state index is 0.0466. The molecule has 2 heterocycles. The maximum absolute atomic E-state index is 12.5. The Kier molecular flexibility index (Phi) is 5.95. The molecule has 1 aromatic carbocycles. The van der Waals surface area contributed by atoms with Gasteiger partial charge in [-0.15, -0.1) is 0 Å². The van der Waals surface area contributed by atoms with Crippen LogP contribution in [0.4, 0.5) is 13.2 Å². The number of amides is 1. The zero-order valence-corrected chi connectivity index (χ0v) is 14.6. The average Bonchev–Trinajstić information content (AvgIpc) is 3.15. The van der Waals surface area contributed by atoms with Gasteiger partial charge in [0.1, 0.15) is 5.75 Å². The van der Waals surface area contributed by atoms with Gasteiger partial charge in [-0.2, -0.15) is 13.2 Å². The molecule has 0 saturated carbocycles. The van der Waals surface area contributed by atoms with E-state index in [1.807, 2.05) is 0 Å². The molecule has 1 aromatic heterocycles. The highest BCUT2D eigenvalue weighted by molar-refractivity contribution is 5.94. The van der Waals surface area contributed by atoms with Crippen LogP contribution in [0.5, 0.6) is 11.6 Å². The van der Waals surface area contributed by atoms with Gasteiger partial charge in [0, 0.05) is 24.4 Å². The first-order valence-corrected chi connectivity index (χ1v) is 8.72. The maximum atomic E-state index is 12.5. The van der Waals surface area contributed by atoms with Crippen LogP contribution in [0.2, 0.25) is 0 Å². The van der Waals surface area contributed by atoms with Crippen molar-refractivity contribution < 1.29 is 22.7 Å². The highest BCUT2D eigenvalue weighted by atomic mass is 19.4. The monoisotopic (exact) mass is 379 g/mol. The van der Waals surface area contributed by atoms with E-state index < -0.39 is 11.7 Å². The third-order valence-corrected chi connectivity index (χ3v) is 4.40. The molecule has 0 bridgehead atoms. The normalized spacial score (nSPS) is 16.9. The van der Waals surface area contributed by atoms with Crippen LogP contribution >= 0.6 is 0 Å². The SMILES string of the molecule is O=C(NCCC1CCNC1)c1ccc(Oc2ccc(C(F)(F)F)cn2)cc1. The fourth-order valence-electron chi connectivity index (χ4n) is 2.86. The Morgan fingerprint density at radius 3 is 2.59 bits per heavy atom. The van der Waals surface area contributed by atoms with E-state index >= 15 is 0 Å². The Labute approximate surface area is 154 Å². The van der Waals surface area contributed by atoms with Gasteiger partial charge in [0.2, 0.25) is 5.88 Å². The van der Waals surface area contributed by atoms with Gasteiger partial charge >= 0.3 is 6.18 Å². The highest BCUT2D eigenvalue weighted by Gasteiger charge is 2.30. The Morgan fingerprint density at radius 2 is 2.00 bits per heavy atom. The second-order valence-electron chi connectivity index (χ2n) is 6.41. The van der Waals surface area contributed by atoms with Gasteiger partial charge in [0.15, 0.2) is 0 Å². The zero-order chi connectivity index (χ0) is 19.3. The van der Waals surface area contributed by atoms with Gasteiger partial charge in [0.05, 0.1) is 5.56 Å². The number of aromatic nitrogens is 1. The predicted molar refractivity (Wildman–Crippen MR) is 93.7 cm³/mol. The fourth-order valence-corrected chi connectivity index (χ4v) is 2.86. The summed E-state index contributed by atoms with van der Waals surface area (Å²) in [5.41, 5.74) is -0.345. The van der Waals surface area contributed by atoms with Gasteiger partial charge < -0.3 is 15.4 Å². The summed E-state index contributed by atoms with van der Waals surface area (Å²) in [5, 5.41) is 6.18. The first-order chi connectivity index (χ1) is 12.9. The van der Waals surface area contributed by atoms with Crippen LogP contribution in [0.15, 0.2) is 42.6 Å². The molecule has 2 N–H and O–H groups in total. The number of carbonyl (C=O) groups is 1. The lowest BCUT2D eigenvalue weighted by Gasteiger charge is -2.10. The van der Waals surface area contributed by atoms with Gasteiger partial charge in [-0.3, -0.25) is 4.79 Å². The standard InChI is InChI=1S/C19H20F3N3O2/c20-19(21,22)15-3-6-17(25-12-15)27-16-4-1-14(2-5-16)18(26)24-10-8-13-7-9-23-11-13/h1-6,12-13,23H,7-11H2,(H,24,26). The number of nitrogens with zero attached hydrogens (tertiary/aromatic N) is 1. The Hall–Kier alpha value is -2.61. The molecule has 3 rings (SSSR count). The predicted octanol–water partition coefficient (Wildman–Crippen LogP) is 3.62. The molecule has 0 aliphatic carbocycles. The van der Waals surface area contributed by atoms with Crippen LogP contribution in [-0.4, -0.2) is 30.5 Å². The minimum atomic E-state index is -4.44. The molecule has 1 saturated heterocycles. The number of pyridine rings is 1. The van der Waals surface area contributed by atoms with Crippen molar-refractivity contribution in [3.63, 3.8) is 0 Å². The molecule has 27 heavy (non-hydrogen) atoms. The molecule has 1 fully saturated rings. The van der Waals surface area contributed by atoms with Crippen LogP contribution < -0.4 is 15.4 Å². The zero-order valence-electron chi connectivity index (χ0n) is 14.6. The molecule has 1 aliphatic rings. The topological polar surface area (TPSA) is 63.2 Å². The van der Waals surface area contributed by atoms with Crippen LogP contribution in [0, 0.1) is 5.92 Å². The average molecular weight is 379 g/mol. The van der Waals surface area contributed by atoms with E-state index in [0.717, 1.165) is 44.3 Å². The smallest absolute Gasteiger partial charge is 0.417 e. The van der Waals surface area contributed by atoms with Crippen molar-refractivity contribution in [3.05, 3.63) is 53.7 Å². The Balaban J connectivity index is 1.51. The maximum Gasteiger partial charge on any atom is 0.417 e. The number of hydrogen-bond donors (Lipinski definition) is 2. The number of benzene rings is 1. The van der Waals surface area contributed by atoms with Crippen molar-refractivity contribution in [2.24, 2.45) is 5.92 Å². The lowest BCUT2D eigenvalue weighted by atomic mass is 10.1. The first-order valence-electron chi connectivity index (χ1n) is 8.72. The van der Waals surface area contributed by atoms with Crippen LogP contribution in [0.1, 0.15) is 28.8 Å². The summed E-state index contributed by atoms with van der Waals surface area (Å²) in [5.74, 6) is 0.874. The Morgan fingerprint density at radius 1 is 1.22 bits per heavy atom. The van der Waals surface area contributed by atoms with Crippen molar-refractivity contribution in [1.29, 1.82) is 0 Å². The van der Waals surface area contributed by atoms with E-state index in [1.165, 1.54) is 0 Å². The van der Waals surface area contributed by atoms with Crippen molar-refractivity contribution in [2.45, 2.75) is 19.0 Å². The molecular formula is C19H20F3N3O2. The van der Waals surface area contributed by atoms with Crippen LogP contribution in [0.25, 0.3) is 0 Å². The second-order valence-corrected chi connectivity index (χ2v) is 6.41. The van der Waals surface area contributed by atoms with E-state index in [9.17, 15) is 18.0 Å². The van der Waals surface area contributed by atoms with Crippen molar-refractivity contribution >= 4 is 5.91 Å².